The Kier molecular flexibility index (Phi) is 4.37. The van der Waals surface area contributed by atoms with Gasteiger partial charge in [-0.05, 0) is 44.4 Å². The van der Waals surface area contributed by atoms with Gasteiger partial charge in [-0.2, -0.15) is 0 Å². The number of hydrogen-bond donors (Lipinski definition) is 1. The van der Waals surface area contributed by atoms with Crippen LogP contribution in [-0.2, 0) is 0 Å². The van der Waals surface area contributed by atoms with Crippen LogP contribution in [0.25, 0.3) is 6.08 Å². The molecule has 0 radical (unpaired) electrons. The zero-order valence-electron chi connectivity index (χ0n) is 9.20. The van der Waals surface area contributed by atoms with Crippen LogP contribution in [0.1, 0.15) is 32.3 Å². The maximum absolute atomic E-state index is 9.50. The van der Waals surface area contributed by atoms with Crippen molar-refractivity contribution in [3.63, 3.8) is 0 Å². The zero-order chi connectivity index (χ0) is 11.3. The van der Waals surface area contributed by atoms with Crippen molar-refractivity contribution in [1.29, 1.82) is 0 Å². The molecule has 0 aromatic heterocycles. The number of allylic oxidation sites excluding steroid dienone is 1. The lowest BCUT2D eigenvalue weighted by atomic mass is 10.0. The van der Waals surface area contributed by atoms with Crippen molar-refractivity contribution in [1.82, 2.24) is 0 Å². The normalized spacial score (nSPS) is 12.3. The van der Waals surface area contributed by atoms with Crippen molar-refractivity contribution < 1.29 is 5.11 Å². The lowest BCUT2D eigenvalue weighted by molar-refractivity contribution is 0.0722. The Balaban J connectivity index is 2.42. The summed E-state index contributed by atoms with van der Waals surface area (Å²) in [6.45, 7) is 3.65. The van der Waals surface area contributed by atoms with Gasteiger partial charge in [-0.25, -0.2) is 0 Å². The molecule has 0 bridgehead atoms. The summed E-state index contributed by atoms with van der Waals surface area (Å²) >= 11 is 5.78. The molecule has 1 aromatic rings. The van der Waals surface area contributed by atoms with Crippen molar-refractivity contribution in [3.05, 3.63) is 40.9 Å². The maximum atomic E-state index is 9.50. The van der Waals surface area contributed by atoms with Crippen molar-refractivity contribution >= 4 is 17.7 Å². The summed E-state index contributed by atoms with van der Waals surface area (Å²) in [5.74, 6) is 0. The second-order valence-electron chi connectivity index (χ2n) is 4.31. The first-order chi connectivity index (χ1) is 6.97. The first kappa shape index (κ1) is 12.3. The third kappa shape index (κ3) is 5.60. The minimum atomic E-state index is -0.579. The Morgan fingerprint density at radius 3 is 2.40 bits per heavy atom. The van der Waals surface area contributed by atoms with Gasteiger partial charge in [0.2, 0.25) is 0 Å². The second-order valence-corrected chi connectivity index (χ2v) is 4.74. The van der Waals surface area contributed by atoms with E-state index in [9.17, 15) is 5.11 Å². The standard InChI is InChI=1S/C13H17ClO/c1-13(2,15)10-4-3-5-11-6-8-12(14)9-7-11/h3,5-9,15H,4,10H2,1-2H3/b5-3+. The van der Waals surface area contributed by atoms with Crippen LogP contribution in [0.4, 0.5) is 0 Å². The molecule has 2 heteroatoms. The van der Waals surface area contributed by atoms with E-state index in [2.05, 4.69) is 6.08 Å². The monoisotopic (exact) mass is 224 g/mol. The molecule has 0 fully saturated rings. The van der Waals surface area contributed by atoms with E-state index in [0.29, 0.717) is 0 Å². The van der Waals surface area contributed by atoms with Crippen molar-refractivity contribution in [2.24, 2.45) is 0 Å². The molecule has 0 amide bonds. The predicted molar refractivity (Wildman–Crippen MR) is 66.0 cm³/mol. The highest BCUT2D eigenvalue weighted by Gasteiger charge is 2.09. The minimum Gasteiger partial charge on any atom is -0.390 e. The Morgan fingerprint density at radius 2 is 1.87 bits per heavy atom. The summed E-state index contributed by atoms with van der Waals surface area (Å²) in [6.07, 6.45) is 5.77. The van der Waals surface area contributed by atoms with E-state index in [1.807, 2.05) is 44.2 Å². The SMILES string of the molecule is CC(C)(O)CC/C=C/c1ccc(Cl)cc1. The van der Waals surface area contributed by atoms with Gasteiger partial charge >= 0.3 is 0 Å². The van der Waals surface area contributed by atoms with Crippen LogP contribution in [0.5, 0.6) is 0 Å². The average molecular weight is 225 g/mol. The van der Waals surface area contributed by atoms with Crippen LogP contribution in [0, 0.1) is 0 Å². The zero-order valence-corrected chi connectivity index (χ0v) is 9.96. The fourth-order valence-electron chi connectivity index (χ4n) is 1.23. The fraction of sp³-hybridized carbons (Fsp3) is 0.385. The molecule has 0 unspecified atom stereocenters. The van der Waals surface area contributed by atoms with Crippen LogP contribution in [0.2, 0.25) is 5.02 Å². The largest absolute Gasteiger partial charge is 0.390 e. The van der Waals surface area contributed by atoms with Crippen molar-refractivity contribution in [2.45, 2.75) is 32.3 Å². The molecular formula is C13H17ClO. The molecule has 15 heavy (non-hydrogen) atoms. The van der Waals surface area contributed by atoms with Crippen LogP contribution >= 0.6 is 11.6 Å². The van der Waals surface area contributed by atoms with E-state index in [1.54, 1.807) is 0 Å². The third-order valence-corrected chi connectivity index (χ3v) is 2.36. The summed E-state index contributed by atoms with van der Waals surface area (Å²) < 4.78 is 0. The smallest absolute Gasteiger partial charge is 0.0594 e. The van der Waals surface area contributed by atoms with E-state index >= 15 is 0 Å². The van der Waals surface area contributed by atoms with Gasteiger partial charge in [0.05, 0.1) is 5.60 Å². The summed E-state index contributed by atoms with van der Waals surface area (Å²) in [5.41, 5.74) is 0.555. The Morgan fingerprint density at radius 1 is 1.27 bits per heavy atom. The Labute approximate surface area is 96.4 Å². The number of benzene rings is 1. The van der Waals surface area contributed by atoms with E-state index < -0.39 is 5.60 Å². The Bertz CT molecular complexity index is 319. The summed E-state index contributed by atoms with van der Waals surface area (Å²) in [6, 6.07) is 7.69. The number of hydrogen-bond acceptors (Lipinski definition) is 1. The summed E-state index contributed by atoms with van der Waals surface area (Å²) in [7, 11) is 0. The predicted octanol–water partition coefficient (Wildman–Crippen LogP) is 3.90. The van der Waals surface area contributed by atoms with Crippen LogP contribution in [-0.4, -0.2) is 10.7 Å². The van der Waals surface area contributed by atoms with Gasteiger partial charge in [-0.15, -0.1) is 0 Å². The molecule has 0 aliphatic carbocycles. The Hall–Kier alpha value is -0.790. The van der Waals surface area contributed by atoms with Gasteiger partial charge in [-0.3, -0.25) is 0 Å². The average Bonchev–Trinajstić information content (AvgIpc) is 2.14. The van der Waals surface area contributed by atoms with Crippen LogP contribution in [0.15, 0.2) is 30.3 Å². The molecule has 0 atom stereocenters. The fourth-order valence-corrected chi connectivity index (χ4v) is 1.36. The lowest BCUT2D eigenvalue weighted by Crippen LogP contribution is -2.17. The van der Waals surface area contributed by atoms with Gasteiger partial charge in [0.1, 0.15) is 0 Å². The number of aliphatic hydroxyl groups is 1. The first-order valence-corrected chi connectivity index (χ1v) is 5.50. The van der Waals surface area contributed by atoms with Crippen molar-refractivity contribution in [2.75, 3.05) is 0 Å². The van der Waals surface area contributed by atoms with Gasteiger partial charge in [-0.1, -0.05) is 35.9 Å². The molecule has 0 saturated heterocycles. The van der Waals surface area contributed by atoms with Crippen LogP contribution in [0.3, 0.4) is 0 Å². The van der Waals surface area contributed by atoms with Crippen molar-refractivity contribution in [3.8, 4) is 0 Å². The molecule has 0 aliphatic rings. The third-order valence-electron chi connectivity index (χ3n) is 2.10. The topological polar surface area (TPSA) is 20.2 Å². The molecular weight excluding hydrogens is 208 g/mol. The van der Waals surface area contributed by atoms with E-state index in [-0.39, 0.29) is 0 Å². The lowest BCUT2D eigenvalue weighted by Gasteiger charge is -2.14. The summed E-state index contributed by atoms with van der Waals surface area (Å²) in [4.78, 5) is 0. The molecule has 1 nitrogen and oxygen atoms in total. The molecule has 1 N–H and O–H groups in total. The molecule has 1 rings (SSSR count). The molecule has 1 aromatic carbocycles. The summed E-state index contributed by atoms with van der Waals surface area (Å²) in [5, 5.41) is 10.3. The van der Waals surface area contributed by atoms with Crippen LogP contribution < -0.4 is 0 Å². The molecule has 82 valence electrons. The molecule has 0 aliphatic heterocycles. The van der Waals surface area contributed by atoms with Gasteiger partial charge < -0.3 is 5.11 Å². The van der Waals surface area contributed by atoms with Gasteiger partial charge in [0.15, 0.2) is 0 Å². The molecule has 0 spiro atoms. The maximum Gasteiger partial charge on any atom is 0.0594 e. The minimum absolute atomic E-state index is 0.579. The quantitative estimate of drug-likeness (QED) is 0.823. The highest BCUT2D eigenvalue weighted by molar-refractivity contribution is 6.30. The highest BCUT2D eigenvalue weighted by Crippen LogP contribution is 2.13. The van der Waals surface area contributed by atoms with E-state index in [0.717, 1.165) is 23.4 Å². The van der Waals surface area contributed by atoms with E-state index in [1.165, 1.54) is 0 Å². The van der Waals surface area contributed by atoms with Gasteiger partial charge in [0.25, 0.3) is 0 Å². The number of rotatable bonds is 4. The first-order valence-electron chi connectivity index (χ1n) is 5.12. The number of halogens is 1. The second kappa shape index (κ2) is 5.34. The highest BCUT2D eigenvalue weighted by atomic mass is 35.5. The molecule has 0 saturated carbocycles. The molecule has 0 heterocycles. The van der Waals surface area contributed by atoms with Gasteiger partial charge in [0, 0.05) is 5.02 Å². The van der Waals surface area contributed by atoms with E-state index in [4.69, 9.17) is 11.6 Å².